The summed E-state index contributed by atoms with van der Waals surface area (Å²) in [6.07, 6.45) is 3.84. The lowest BCUT2D eigenvalue weighted by Gasteiger charge is -2.07. The Balaban J connectivity index is 1.98. The molecule has 2 aromatic rings. The van der Waals surface area contributed by atoms with Crippen LogP contribution in [0.25, 0.3) is 11.8 Å². The monoisotopic (exact) mass is 331 g/mol. The zero-order valence-electron chi connectivity index (χ0n) is 12.2. The molecule has 1 saturated heterocycles. The lowest BCUT2D eigenvalue weighted by molar-refractivity contribution is -0.121. The lowest BCUT2D eigenvalue weighted by atomic mass is 10.3. The van der Waals surface area contributed by atoms with Crippen molar-refractivity contribution in [2.45, 2.75) is 0 Å². The van der Waals surface area contributed by atoms with E-state index in [0.717, 1.165) is 11.4 Å². The molecule has 0 atom stereocenters. The molecule has 1 aliphatic rings. The predicted molar refractivity (Wildman–Crippen MR) is 92.5 cm³/mol. The number of benzene rings is 1. The second kappa shape index (κ2) is 6.02. The van der Waals surface area contributed by atoms with Gasteiger partial charge in [0.05, 0.1) is 4.91 Å². The largest absolute Gasteiger partial charge is 0.317 e. The first-order valence-electron chi connectivity index (χ1n) is 6.68. The molecular formula is C16H14ClN3OS. The topological polar surface area (TPSA) is 37.6 Å². The number of hydrogen-bond acceptors (Lipinski definition) is 3. The fraction of sp³-hybridized carbons (Fsp3) is 0.125. The zero-order chi connectivity index (χ0) is 15.7. The van der Waals surface area contributed by atoms with Crippen molar-refractivity contribution in [1.82, 2.24) is 9.47 Å². The van der Waals surface area contributed by atoms with Gasteiger partial charge in [0.1, 0.15) is 0 Å². The number of thioether (sulfide) groups is 1. The summed E-state index contributed by atoms with van der Waals surface area (Å²) in [7, 11) is 3.42. The van der Waals surface area contributed by atoms with E-state index in [1.54, 1.807) is 19.0 Å². The van der Waals surface area contributed by atoms with Gasteiger partial charge in [-0.3, -0.25) is 14.7 Å². The van der Waals surface area contributed by atoms with E-state index in [0.29, 0.717) is 15.1 Å². The van der Waals surface area contributed by atoms with E-state index in [1.165, 1.54) is 11.8 Å². The fourth-order valence-electron chi connectivity index (χ4n) is 2.23. The molecule has 0 saturated carbocycles. The SMILES string of the molecule is CN=C1S/C(=C/c2cccn2-c2ccc(Cl)cc2)C(=O)N1C. The number of amides is 1. The summed E-state index contributed by atoms with van der Waals surface area (Å²) in [5.74, 6) is -0.0329. The molecule has 1 aliphatic heterocycles. The number of likely N-dealkylation sites (N-methyl/N-ethyl adjacent to an activating group) is 1. The van der Waals surface area contributed by atoms with Gasteiger partial charge in [-0.2, -0.15) is 0 Å². The van der Waals surface area contributed by atoms with Gasteiger partial charge >= 0.3 is 0 Å². The number of rotatable bonds is 2. The molecule has 22 heavy (non-hydrogen) atoms. The average Bonchev–Trinajstić information content (AvgIpc) is 3.08. The highest BCUT2D eigenvalue weighted by Crippen LogP contribution is 2.31. The van der Waals surface area contributed by atoms with Crippen LogP contribution in [-0.4, -0.2) is 34.6 Å². The summed E-state index contributed by atoms with van der Waals surface area (Å²) in [6.45, 7) is 0. The van der Waals surface area contributed by atoms with Crippen molar-refractivity contribution in [2.24, 2.45) is 4.99 Å². The lowest BCUT2D eigenvalue weighted by Crippen LogP contribution is -2.23. The number of carbonyl (C=O) groups excluding carboxylic acids is 1. The molecule has 0 N–H and O–H groups in total. The van der Waals surface area contributed by atoms with Gasteiger partial charge in [0.15, 0.2) is 5.17 Å². The highest BCUT2D eigenvalue weighted by Gasteiger charge is 2.29. The van der Waals surface area contributed by atoms with Gasteiger partial charge in [-0.15, -0.1) is 0 Å². The zero-order valence-corrected chi connectivity index (χ0v) is 13.7. The molecule has 3 rings (SSSR count). The number of amidine groups is 1. The van der Waals surface area contributed by atoms with Crippen LogP contribution in [0.5, 0.6) is 0 Å². The second-order valence-corrected chi connectivity index (χ2v) is 6.21. The second-order valence-electron chi connectivity index (χ2n) is 4.76. The number of aromatic nitrogens is 1. The minimum Gasteiger partial charge on any atom is -0.317 e. The van der Waals surface area contributed by atoms with Gasteiger partial charge in [-0.25, -0.2) is 0 Å². The van der Waals surface area contributed by atoms with Crippen molar-refractivity contribution < 1.29 is 4.79 Å². The van der Waals surface area contributed by atoms with Crippen molar-refractivity contribution in [1.29, 1.82) is 0 Å². The molecule has 6 heteroatoms. The van der Waals surface area contributed by atoms with Crippen molar-refractivity contribution >= 4 is 40.5 Å². The van der Waals surface area contributed by atoms with E-state index in [4.69, 9.17) is 11.6 Å². The smallest absolute Gasteiger partial charge is 0.266 e. The molecule has 112 valence electrons. The Kier molecular flexibility index (Phi) is 4.09. The van der Waals surface area contributed by atoms with Gasteiger partial charge < -0.3 is 4.57 Å². The molecule has 2 heterocycles. The Morgan fingerprint density at radius 2 is 1.95 bits per heavy atom. The van der Waals surface area contributed by atoms with Crippen molar-refractivity contribution in [2.75, 3.05) is 14.1 Å². The average molecular weight is 332 g/mol. The van der Waals surface area contributed by atoms with E-state index in [-0.39, 0.29) is 5.91 Å². The third kappa shape index (κ3) is 2.69. The van der Waals surface area contributed by atoms with Crippen LogP contribution in [0.2, 0.25) is 5.02 Å². The fourth-order valence-corrected chi connectivity index (χ4v) is 3.27. The Labute approximate surface area is 138 Å². The van der Waals surface area contributed by atoms with E-state index in [2.05, 4.69) is 4.99 Å². The summed E-state index contributed by atoms with van der Waals surface area (Å²) >= 11 is 7.31. The molecule has 1 fully saturated rings. The maximum atomic E-state index is 12.2. The van der Waals surface area contributed by atoms with Gasteiger partial charge in [-0.05, 0) is 54.2 Å². The standard InChI is InChI=1S/C16H14ClN3OS/c1-18-16-19(2)15(21)14(22-16)10-13-4-3-9-20(13)12-7-5-11(17)6-8-12/h3-10H,1-2H3/b14-10+,18-16?. The molecule has 0 unspecified atom stereocenters. The normalized spacial score (nSPS) is 18.7. The third-order valence-electron chi connectivity index (χ3n) is 3.36. The van der Waals surface area contributed by atoms with Crippen LogP contribution in [0.4, 0.5) is 0 Å². The molecule has 0 radical (unpaired) electrons. The van der Waals surface area contributed by atoms with Crippen LogP contribution in [-0.2, 0) is 4.79 Å². The van der Waals surface area contributed by atoms with Crippen LogP contribution in [0.1, 0.15) is 5.69 Å². The van der Waals surface area contributed by atoms with Gasteiger partial charge in [0.25, 0.3) is 5.91 Å². The molecule has 0 bridgehead atoms. The Morgan fingerprint density at radius 3 is 2.59 bits per heavy atom. The van der Waals surface area contributed by atoms with Crippen molar-refractivity contribution in [3.05, 3.63) is 58.2 Å². The number of aliphatic imine (C=N–C) groups is 1. The Morgan fingerprint density at radius 1 is 1.23 bits per heavy atom. The predicted octanol–water partition coefficient (Wildman–Crippen LogP) is 3.66. The molecule has 1 aromatic carbocycles. The van der Waals surface area contributed by atoms with E-state index in [1.807, 2.05) is 53.2 Å². The number of hydrogen-bond donors (Lipinski definition) is 0. The minimum absolute atomic E-state index is 0.0329. The maximum Gasteiger partial charge on any atom is 0.266 e. The van der Waals surface area contributed by atoms with Crippen LogP contribution < -0.4 is 0 Å². The summed E-state index contributed by atoms with van der Waals surface area (Å²) in [5.41, 5.74) is 1.93. The summed E-state index contributed by atoms with van der Waals surface area (Å²) in [6, 6.07) is 11.5. The first kappa shape index (κ1) is 14.9. The third-order valence-corrected chi connectivity index (χ3v) is 4.76. The summed E-state index contributed by atoms with van der Waals surface area (Å²) < 4.78 is 2.01. The molecule has 0 aliphatic carbocycles. The molecule has 4 nitrogen and oxygen atoms in total. The minimum atomic E-state index is -0.0329. The maximum absolute atomic E-state index is 12.2. The van der Waals surface area contributed by atoms with Gasteiger partial charge in [0.2, 0.25) is 0 Å². The Bertz CT molecular complexity index is 777. The van der Waals surface area contributed by atoms with E-state index in [9.17, 15) is 4.79 Å². The summed E-state index contributed by atoms with van der Waals surface area (Å²) in [5, 5.41) is 1.41. The van der Waals surface area contributed by atoms with Crippen LogP contribution >= 0.6 is 23.4 Å². The first-order chi connectivity index (χ1) is 10.6. The van der Waals surface area contributed by atoms with E-state index >= 15 is 0 Å². The highest BCUT2D eigenvalue weighted by atomic mass is 35.5. The van der Waals surface area contributed by atoms with E-state index < -0.39 is 0 Å². The highest BCUT2D eigenvalue weighted by molar-refractivity contribution is 8.18. The van der Waals surface area contributed by atoms with Crippen LogP contribution in [0, 0.1) is 0 Å². The molecular weight excluding hydrogens is 318 g/mol. The molecule has 1 aromatic heterocycles. The van der Waals surface area contributed by atoms with Crippen molar-refractivity contribution in [3.63, 3.8) is 0 Å². The summed E-state index contributed by atoms with van der Waals surface area (Å²) in [4.78, 5) is 18.6. The number of halogens is 1. The molecule has 1 amide bonds. The molecule has 0 spiro atoms. The first-order valence-corrected chi connectivity index (χ1v) is 7.87. The number of carbonyl (C=O) groups is 1. The quantitative estimate of drug-likeness (QED) is 0.787. The van der Waals surface area contributed by atoms with Gasteiger partial charge in [-0.1, -0.05) is 11.6 Å². The Hall–Kier alpha value is -1.98. The van der Waals surface area contributed by atoms with Crippen LogP contribution in [0.15, 0.2) is 52.5 Å². The number of nitrogens with zero attached hydrogens (tertiary/aromatic N) is 3. The van der Waals surface area contributed by atoms with Crippen molar-refractivity contribution in [3.8, 4) is 5.69 Å². The van der Waals surface area contributed by atoms with Crippen LogP contribution in [0.3, 0.4) is 0 Å². The van der Waals surface area contributed by atoms with Gasteiger partial charge in [0, 0.05) is 36.7 Å².